The van der Waals surface area contributed by atoms with Crippen LogP contribution in [0.3, 0.4) is 0 Å². The molecule has 112 valence electrons. The average Bonchev–Trinajstić information content (AvgIpc) is 2.48. The number of anilines is 1. The summed E-state index contributed by atoms with van der Waals surface area (Å²) in [5, 5.41) is 3.38. The van der Waals surface area contributed by atoms with Crippen LogP contribution in [-0.2, 0) is 6.54 Å². The zero-order chi connectivity index (χ0) is 14.4. The van der Waals surface area contributed by atoms with E-state index in [1.807, 2.05) is 12.4 Å². The first-order valence-corrected chi connectivity index (χ1v) is 7.97. The van der Waals surface area contributed by atoms with Crippen LogP contribution in [0.4, 0.5) is 5.82 Å². The second-order valence-corrected chi connectivity index (χ2v) is 6.11. The van der Waals surface area contributed by atoms with E-state index in [-0.39, 0.29) is 0 Å². The molecule has 0 aromatic carbocycles. The molecular weight excluding hydrogens is 248 g/mol. The fraction of sp³-hybridized carbons (Fsp3) is 0.750. The van der Waals surface area contributed by atoms with E-state index in [1.165, 1.54) is 12.8 Å². The molecule has 0 radical (unpaired) electrons. The third-order valence-electron chi connectivity index (χ3n) is 4.21. The Kier molecular flexibility index (Phi) is 5.77. The number of hydrogen-bond acceptors (Lipinski definition) is 4. The van der Waals surface area contributed by atoms with E-state index in [9.17, 15) is 0 Å². The van der Waals surface area contributed by atoms with E-state index in [0.29, 0.717) is 0 Å². The van der Waals surface area contributed by atoms with Crippen molar-refractivity contribution < 1.29 is 0 Å². The molecule has 1 aromatic heterocycles. The standard InChI is InChI=1S/C16H28N4/c1-4-7-17-10-15-11-18-12-16(19-15)20-8-5-14(6-9-20)13(2)3/h11-14,17H,4-10H2,1-3H3. The van der Waals surface area contributed by atoms with Crippen molar-refractivity contribution in [2.24, 2.45) is 11.8 Å². The van der Waals surface area contributed by atoms with Gasteiger partial charge in [-0.05, 0) is 37.6 Å². The molecule has 20 heavy (non-hydrogen) atoms. The normalized spacial score (nSPS) is 16.9. The summed E-state index contributed by atoms with van der Waals surface area (Å²) in [6.45, 7) is 10.9. The van der Waals surface area contributed by atoms with E-state index >= 15 is 0 Å². The lowest BCUT2D eigenvalue weighted by Crippen LogP contribution is -2.36. The van der Waals surface area contributed by atoms with Gasteiger partial charge in [0.25, 0.3) is 0 Å². The number of nitrogens with zero attached hydrogens (tertiary/aromatic N) is 3. The van der Waals surface area contributed by atoms with Gasteiger partial charge in [-0.3, -0.25) is 4.98 Å². The molecule has 0 amide bonds. The molecule has 1 aromatic rings. The highest BCUT2D eigenvalue weighted by molar-refractivity contribution is 5.36. The average molecular weight is 276 g/mol. The number of rotatable bonds is 6. The van der Waals surface area contributed by atoms with E-state index in [4.69, 9.17) is 4.98 Å². The van der Waals surface area contributed by atoms with Crippen molar-refractivity contribution in [3.8, 4) is 0 Å². The molecule has 1 aliphatic rings. The number of nitrogens with one attached hydrogen (secondary N) is 1. The molecule has 4 nitrogen and oxygen atoms in total. The first kappa shape index (κ1) is 15.2. The van der Waals surface area contributed by atoms with Crippen molar-refractivity contribution in [1.29, 1.82) is 0 Å². The Morgan fingerprint density at radius 2 is 2.05 bits per heavy atom. The van der Waals surface area contributed by atoms with Crippen molar-refractivity contribution in [2.75, 3.05) is 24.5 Å². The van der Waals surface area contributed by atoms with Gasteiger partial charge in [0, 0.05) is 25.8 Å². The molecule has 1 saturated heterocycles. The van der Waals surface area contributed by atoms with Crippen LogP contribution in [0.1, 0.15) is 45.7 Å². The smallest absolute Gasteiger partial charge is 0.147 e. The van der Waals surface area contributed by atoms with Gasteiger partial charge in [0.05, 0.1) is 11.9 Å². The second kappa shape index (κ2) is 7.58. The largest absolute Gasteiger partial charge is 0.355 e. The monoisotopic (exact) mass is 276 g/mol. The van der Waals surface area contributed by atoms with Gasteiger partial charge in [-0.1, -0.05) is 20.8 Å². The maximum atomic E-state index is 4.74. The van der Waals surface area contributed by atoms with E-state index in [2.05, 4.69) is 36.0 Å². The van der Waals surface area contributed by atoms with E-state index < -0.39 is 0 Å². The Labute approximate surface area is 123 Å². The minimum atomic E-state index is 0.799. The summed E-state index contributed by atoms with van der Waals surface area (Å²) in [4.78, 5) is 11.5. The van der Waals surface area contributed by atoms with Crippen LogP contribution in [0.5, 0.6) is 0 Å². The summed E-state index contributed by atoms with van der Waals surface area (Å²) in [5.74, 6) is 2.71. The summed E-state index contributed by atoms with van der Waals surface area (Å²) >= 11 is 0. The molecule has 0 aliphatic carbocycles. The molecule has 1 fully saturated rings. The Hall–Kier alpha value is -1.16. The number of aromatic nitrogens is 2. The maximum absolute atomic E-state index is 4.74. The topological polar surface area (TPSA) is 41.1 Å². The van der Waals surface area contributed by atoms with E-state index in [0.717, 1.165) is 55.9 Å². The quantitative estimate of drug-likeness (QED) is 0.811. The van der Waals surface area contributed by atoms with Gasteiger partial charge in [-0.15, -0.1) is 0 Å². The Morgan fingerprint density at radius 3 is 2.70 bits per heavy atom. The van der Waals surface area contributed by atoms with Crippen LogP contribution in [0.25, 0.3) is 0 Å². The van der Waals surface area contributed by atoms with Crippen molar-refractivity contribution in [2.45, 2.75) is 46.6 Å². The van der Waals surface area contributed by atoms with E-state index in [1.54, 1.807) is 0 Å². The highest BCUT2D eigenvalue weighted by Gasteiger charge is 2.22. The van der Waals surface area contributed by atoms with Gasteiger partial charge in [0.1, 0.15) is 5.82 Å². The van der Waals surface area contributed by atoms with Gasteiger partial charge in [-0.25, -0.2) is 4.98 Å². The Balaban J connectivity index is 1.91. The van der Waals surface area contributed by atoms with Crippen LogP contribution in [0.15, 0.2) is 12.4 Å². The molecule has 0 unspecified atom stereocenters. The first-order valence-electron chi connectivity index (χ1n) is 7.97. The van der Waals surface area contributed by atoms with Gasteiger partial charge in [-0.2, -0.15) is 0 Å². The molecule has 1 N–H and O–H groups in total. The molecule has 1 aliphatic heterocycles. The summed E-state index contributed by atoms with van der Waals surface area (Å²) in [6.07, 6.45) is 7.47. The Morgan fingerprint density at radius 1 is 1.30 bits per heavy atom. The van der Waals surface area contributed by atoms with Crippen molar-refractivity contribution in [3.63, 3.8) is 0 Å². The highest BCUT2D eigenvalue weighted by Crippen LogP contribution is 2.26. The highest BCUT2D eigenvalue weighted by atomic mass is 15.2. The van der Waals surface area contributed by atoms with Crippen LogP contribution >= 0.6 is 0 Å². The van der Waals surface area contributed by atoms with Crippen LogP contribution < -0.4 is 10.2 Å². The molecule has 0 saturated carbocycles. The number of hydrogen-bond donors (Lipinski definition) is 1. The summed E-state index contributed by atoms with van der Waals surface area (Å²) in [7, 11) is 0. The molecule has 0 spiro atoms. The number of piperidine rings is 1. The predicted molar refractivity (Wildman–Crippen MR) is 83.8 cm³/mol. The van der Waals surface area contributed by atoms with Crippen LogP contribution in [0.2, 0.25) is 0 Å². The molecular formula is C16H28N4. The second-order valence-electron chi connectivity index (χ2n) is 6.11. The molecule has 2 heterocycles. The third-order valence-corrected chi connectivity index (χ3v) is 4.21. The van der Waals surface area contributed by atoms with Crippen molar-refractivity contribution >= 4 is 5.82 Å². The zero-order valence-electron chi connectivity index (χ0n) is 13.1. The van der Waals surface area contributed by atoms with Crippen molar-refractivity contribution in [1.82, 2.24) is 15.3 Å². The predicted octanol–water partition coefficient (Wildman–Crippen LogP) is 2.85. The first-order chi connectivity index (χ1) is 9.70. The molecule has 4 heteroatoms. The van der Waals surface area contributed by atoms with Gasteiger partial charge in [0.15, 0.2) is 0 Å². The lowest BCUT2D eigenvalue weighted by Gasteiger charge is -2.34. The lowest BCUT2D eigenvalue weighted by molar-refractivity contribution is 0.310. The molecule has 0 atom stereocenters. The van der Waals surface area contributed by atoms with Gasteiger partial charge >= 0.3 is 0 Å². The minimum Gasteiger partial charge on any atom is -0.355 e. The Bertz CT molecular complexity index is 397. The minimum absolute atomic E-state index is 0.799. The van der Waals surface area contributed by atoms with Crippen LogP contribution in [-0.4, -0.2) is 29.6 Å². The summed E-state index contributed by atoms with van der Waals surface area (Å²) in [5.41, 5.74) is 1.04. The fourth-order valence-corrected chi connectivity index (χ4v) is 2.82. The summed E-state index contributed by atoms with van der Waals surface area (Å²) < 4.78 is 0. The fourth-order valence-electron chi connectivity index (χ4n) is 2.82. The SMILES string of the molecule is CCCNCc1cncc(N2CCC(C(C)C)CC2)n1. The summed E-state index contributed by atoms with van der Waals surface area (Å²) in [6, 6.07) is 0. The van der Waals surface area contributed by atoms with Gasteiger partial charge < -0.3 is 10.2 Å². The third kappa shape index (κ3) is 4.17. The zero-order valence-corrected chi connectivity index (χ0v) is 13.1. The molecule has 2 rings (SSSR count). The molecule has 0 bridgehead atoms. The maximum Gasteiger partial charge on any atom is 0.147 e. The van der Waals surface area contributed by atoms with Crippen LogP contribution in [0, 0.1) is 11.8 Å². The van der Waals surface area contributed by atoms with Crippen molar-refractivity contribution in [3.05, 3.63) is 18.1 Å². The lowest BCUT2D eigenvalue weighted by atomic mass is 9.87. The van der Waals surface area contributed by atoms with Gasteiger partial charge in [0.2, 0.25) is 0 Å².